The maximum Gasteiger partial charge on any atom is 0.107 e. The lowest BCUT2D eigenvalue weighted by Crippen LogP contribution is -2.31. The second-order valence-corrected chi connectivity index (χ2v) is 5.24. The molecule has 19 heavy (non-hydrogen) atoms. The lowest BCUT2D eigenvalue weighted by atomic mass is 9.88. The smallest absolute Gasteiger partial charge is 0.107 e. The van der Waals surface area contributed by atoms with Crippen LogP contribution >= 0.6 is 0 Å². The molecule has 1 unspecified atom stereocenters. The number of imidazole rings is 1. The summed E-state index contributed by atoms with van der Waals surface area (Å²) in [4.78, 5) is 4.05. The van der Waals surface area contributed by atoms with Crippen LogP contribution in [0.2, 0.25) is 0 Å². The van der Waals surface area contributed by atoms with Crippen LogP contribution in [0.5, 0.6) is 0 Å². The van der Waals surface area contributed by atoms with Crippen molar-refractivity contribution in [2.24, 2.45) is 0 Å². The Labute approximate surface area is 114 Å². The predicted octanol–water partition coefficient (Wildman–Crippen LogP) is 3.27. The summed E-state index contributed by atoms with van der Waals surface area (Å²) in [5, 5.41) is 11.0. The van der Waals surface area contributed by atoms with Gasteiger partial charge >= 0.3 is 0 Å². The van der Waals surface area contributed by atoms with Crippen LogP contribution < -0.4 is 0 Å². The monoisotopic (exact) mass is 258 g/mol. The van der Waals surface area contributed by atoms with E-state index in [-0.39, 0.29) is 0 Å². The third-order valence-corrected chi connectivity index (χ3v) is 3.54. The maximum absolute atomic E-state index is 11.0. The molecular formula is C16H22N2O. The average Bonchev–Trinajstić information content (AvgIpc) is 2.90. The number of unbranched alkanes of at least 4 members (excludes halogenated alkanes) is 1. The number of nitrogens with zero attached hydrogens (tertiary/aromatic N) is 2. The summed E-state index contributed by atoms with van der Waals surface area (Å²) in [6.07, 6.45) is 8.26. The van der Waals surface area contributed by atoms with Crippen molar-refractivity contribution in [2.75, 3.05) is 0 Å². The minimum Gasteiger partial charge on any atom is -0.383 e. The first kappa shape index (κ1) is 13.8. The lowest BCUT2D eigenvalue weighted by Gasteiger charge is -2.29. The lowest BCUT2D eigenvalue weighted by molar-refractivity contribution is 0.00748. The first-order valence-electron chi connectivity index (χ1n) is 6.89. The highest BCUT2D eigenvalue weighted by Gasteiger charge is 2.28. The van der Waals surface area contributed by atoms with Gasteiger partial charge in [0.2, 0.25) is 0 Å². The fourth-order valence-corrected chi connectivity index (χ4v) is 2.33. The zero-order valence-electron chi connectivity index (χ0n) is 11.7. The van der Waals surface area contributed by atoms with Gasteiger partial charge in [-0.3, -0.25) is 0 Å². The highest BCUT2D eigenvalue weighted by Crippen LogP contribution is 2.29. The van der Waals surface area contributed by atoms with Gasteiger partial charge in [0.15, 0.2) is 0 Å². The Morgan fingerprint density at radius 2 is 2.00 bits per heavy atom. The average molecular weight is 258 g/mol. The number of rotatable bonds is 6. The number of hydrogen-bond donors (Lipinski definition) is 1. The molecule has 0 saturated heterocycles. The van der Waals surface area contributed by atoms with Crippen molar-refractivity contribution in [1.82, 2.24) is 9.55 Å². The van der Waals surface area contributed by atoms with Crippen molar-refractivity contribution in [1.29, 1.82) is 0 Å². The minimum atomic E-state index is -0.815. The van der Waals surface area contributed by atoms with Gasteiger partial charge < -0.3 is 9.67 Å². The Kier molecular flexibility index (Phi) is 4.38. The van der Waals surface area contributed by atoms with Crippen LogP contribution in [-0.4, -0.2) is 14.7 Å². The van der Waals surface area contributed by atoms with E-state index in [1.54, 1.807) is 12.5 Å². The molecule has 102 valence electrons. The number of aryl methyl sites for hydroxylation is 1. The topological polar surface area (TPSA) is 38.0 Å². The standard InChI is InChI=1S/C16H22N2O/c1-3-4-9-16(19,12-18-11-10-17-13-18)15-7-5-14(2)6-8-15/h5-8,10-11,13,19H,3-4,9,12H2,1-2H3. The summed E-state index contributed by atoms with van der Waals surface area (Å²) in [5.74, 6) is 0. The van der Waals surface area contributed by atoms with Gasteiger partial charge in [-0.15, -0.1) is 0 Å². The molecule has 1 N–H and O–H groups in total. The molecule has 3 heteroatoms. The molecule has 0 radical (unpaired) electrons. The van der Waals surface area contributed by atoms with Gasteiger partial charge in [-0.25, -0.2) is 4.98 Å². The third kappa shape index (κ3) is 3.44. The van der Waals surface area contributed by atoms with E-state index in [1.807, 2.05) is 22.9 Å². The maximum atomic E-state index is 11.0. The molecule has 0 fully saturated rings. The molecule has 0 aliphatic carbocycles. The molecule has 0 bridgehead atoms. The fourth-order valence-electron chi connectivity index (χ4n) is 2.33. The molecule has 1 aromatic carbocycles. The summed E-state index contributed by atoms with van der Waals surface area (Å²) >= 11 is 0. The summed E-state index contributed by atoms with van der Waals surface area (Å²) in [6.45, 7) is 4.76. The summed E-state index contributed by atoms with van der Waals surface area (Å²) < 4.78 is 1.94. The fraction of sp³-hybridized carbons (Fsp3) is 0.438. The van der Waals surface area contributed by atoms with E-state index in [9.17, 15) is 5.11 Å². The van der Waals surface area contributed by atoms with E-state index in [0.29, 0.717) is 6.54 Å². The van der Waals surface area contributed by atoms with Crippen LogP contribution in [0.15, 0.2) is 43.0 Å². The Morgan fingerprint density at radius 3 is 2.58 bits per heavy atom. The molecule has 2 rings (SSSR count). The zero-order chi connectivity index (χ0) is 13.7. The van der Waals surface area contributed by atoms with E-state index in [0.717, 1.165) is 24.8 Å². The van der Waals surface area contributed by atoms with Gasteiger partial charge in [-0.05, 0) is 18.9 Å². The molecular weight excluding hydrogens is 236 g/mol. The van der Waals surface area contributed by atoms with Gasteiger partial charge in [-0.1, -0.05) is 49.6 Å². The Balaban J connectivity index is 2.25. The van der Waals surface area contributed by atoms with E-state index in [4.69, 9.17) is 0 Å². The van der Waals surface area contributed by atoms with Gasteiger partial charge in [0.25, 0.3) is 0 Å². The minimum absolute atomic E-state index is 0.552. The Hall–Kier alpha value is -1.61. The number of hydrogen-bond acceptors (Lipinski definition) is 2. The van der Waals surface area contributed by atoms with E-state index in [2.05, 4.69) is 31.0 Å². The highest BCUT2D eigenvalue weighted by molar-refractivity contribution is 5.26. The van der Waals surface area contributed by atoms with Crippen molar-refractivity contribution >= 4 is 0 Å². The molecule has 2 aromatic rings. The van der Waals surface area contributed by atoms with E-state index in [1.165, 1.54) is 5.56 Å². The van der Waals surface area contributed by atoms with Gasteiger partial charge in [0, 0.05) is 12.4 Å². The summed E-state index contributed by atoms with van der Waals surface area (Å²) in [6, 6.07) is 8.17. The molecule has 0 amide bonds. The van der Waals surface area contributed by atoms with Crippen LogP contribution in [0.4, 0.5) is 0 Å². The molecule has 0 spiro atoms. The third-order valence-electron chi connectivity index (χ3n) is 3.54. The predicted molar refractivity (Wildman–Crippen MR) is 76.8 cm³/mol. The zero-order valence-corrected chi connectivity index (χ0v) is 11.7. The summed E-state index contributed by atoms with van der Waals surface area (Å²) in [7, 11) is 0. The second kappa shape index (κ2) is 6.02. The largest absolute Gasteiger partial charge is 0.383 e. The van der Waals surface area contributed by atoms with Crippen LogP contribution in [0, 0.1) is 6.92 Å². The van der Waals surface area contributed by atoms with Crippen molar-refractivity contribution in [2.45, 2.75) is 45.3 Å². The van der Waals surface area contributed by atoms with E-state index >= 15 is 0 Å². The quantitative estimate of drug-likeness (QED) is 0.863. The first-order chi connectivity index (χ1) is 9.14. The van der Waals surface area contributed by atoms with Gasteiger partial charge in [0.05, 0.1) is 12.9 Å². The van der Waals surface area contributed by atoms with E-state index < -0.39 is 5.60 Å². The second-order valence-electron chi connectivity index (χ2n) is 5.24. The van der Waals surface area contributed by atoms with Crippen LogP contribution in [0.25, 0.3) is 0 Å². The molecule has 3 nitrogen and oxygen atoms in total. The number of aliphatic hydroxyl groups is 1. The van der Waals surface area contributed by atoms with Crippen LogP contribution in [0.3, 0.4) is 0 Å². The van der Waals surface area contributed by atoms with Gasteiger partial charge in [0.1, 0.15) is 5.60 Å². The summed E-state index contributed by atoms with van der Waals surface area (Å²) in [5.41, 5.74) is 1.38. The first-order valence-corrected chi connectivity index (χ1v) is 6.89. The Bertz CT molecular complexity index is 490. The van der Waals surface area contributed by atoms with Crippen molar-refractivity contribution in [3.05, 3.63) is 54.1 Å². The molecule has 1 aromatic heterocycles. The Morgan fingerprint density at radius 1 is 1.26 bits per heavy atom. The molecule has 1 atom stereocenters. The van der Waals surface area contributed by atoms with Crippen LogP contribution in [0.1, 0.15) is 37.3 Å². The number of aromatic nitrogens is 2. The molecule has 0 aliphatic rings. The van der Waals surface area contributed by atoms with Crippen LogP contribution in [-0.2, 0) is 12.1 Å². The molecule has 1 heterocycles. The highest BCUT2D eigenvalue weighted by atomic mass is 16.3. The normalized spacial score (nSPS) is 14.3. The molecule has 0 aliphatic heterocycles. The van der Waals surface area contributed by atoms with Crippen molar-refractivity contribution < 1.29 is 5.11 Å². The van der Waals surface area contributed by atoms with Crippen molar-refractivity contribution in [3.63, 3.8) is 0 Å². The van der Waals surface area contributed by atoms with Crippen molar-refractivity contribution in [3.8, 4) is 0 Å². The number of benzene rings is 1. The van der Waals surface area contributed by atoms with Gasteiger partial charge in [-0.2, -0.15) is 0 Å². The molecule has 0 saturated carbocycles. The SMILES string of the molecule is CCCCC(O)(Cn1ccnc1)c1ccc(C)cc1.